The fourth-order valence-electron chi connectivity index (χ4n) is 4.78. The zero-order valence-electron chi connectivity index (χ0n) is 15.6. The zero-order valence-corrected chi connectivity index (χ0v) is 15.6. The van der Waals surface area contributed by atoms with E-state index in [1.54, 1.807) is 13.4 Å². The standard InChI is InChI=1S/C22H25NO4/c1-26-18-7-4-6-16(14-18)22-11-3-2-9-19(22)21(25)23(20(24)15-22)12-10-17-8-5-13-27-17/h4-8,13-14,19H,2-3,9-12,15H2,1H3/t19-,22+/m1/s1. The summed E-state index contributed by atoms with van der Waals surface area (Å²) < 4.78 is 10.7. The van der Waals surface area contributed by atoms with Crippen molar-refractivity contribution in [3.63, 3.8) is 0 Å². The molecule has 4 rings (SSSR count). The molecule has 1 saturated heterocycles. The van der Waals surface area contributed by atoms with Gasteiger partial charge in [-0.2, -0.15) is 0 Å². The lowest BCUT2D eigenvalue weighted by molar-refractivity contribution is -0.157. The SMILES string of the molecule is COc1cccc([C@@]23CCCC[C@@H]2C(=O)N(CCc2ccco2)C(=O)C3)c1. The Hall–Kier alpha value is -2.56. The highest BCUT2D eigenvalue weighted by Crippen LogP contribution is 2.50. The van der Waals surface area contributed by atoms with Gasteiger partial charge in [-0.05, 0) is 42.7 Å². The Morgan fingerprint density at radius 1 is 1.22 bits per heavy atom. The molecule has 1 aliphatic heterocycles. The van der Waals surface area contributed by atoms with E-state index in [0.717, 1.165) is 42.8 Å². The molecule has 2 amide bonds. The minimum Gasteiger partial charge on any atom is -0.497 e. The number of ether oxygens (including phenoxy) is 1. The molecule has 1 aromatic carbocycles. The summed E-state index contributed by atoms with van der Waals surface area (Å²) in [5, 5.41) is 0. The van der Waals surface area contributed by atoms with E-state index < -0.39 is 5.41 Å². The summed E-state index contributed by atoms with van der Waals surface area (Å²) in [6, 6.07) is 11.6. The number of imide groups is 1. The fraction of sp³-hybridized carbons (Fsp3) is 0.455. The maximum Gasteiger partial charge on any atom is 0.233 e. The summed E-state index contributed by atoms with van der Waals surface area (Å²) in [7, 11) is 1.64. The molecule has 1 aliphatic carbocycles. The van der Waals surface area contributed by atoms with Crippen molar-refractivity contribution in [2.24, 2.45) is 5.92 Å². The number of likely N-dealkylation sites (tertiary alicyclic amines) is 1. The molecule has 1 saturated carbocycles. The Labute approximate surface area is 159 Å². The van der Waals surface area contributed by atoms with E-state index in [9.17, 15) is 9.59 Å². The Kier molecular flexibility index (Phi) is 4.77. The number of carbonyl (C=O) groups excluding carboxylic acids is 2. The molecule has 0 N–H and O–H groups in total. The maximum atomic E-state index is 13.3. The predicted octanol–water partition coefficient (Wildman–Crippen LogP) is 3.72. The topological polar surface area (TPSA) is 59.8 Å². The summed E-state index contributed by atoms with van der Waals surface area (Å²) in [4.78, 5) is 27.8. The zero-order chi connectivity index (χ0) is 18.9. The number of hydrogen-bond donors (Lipinski definition) is 0. The lowest BCUT2D eigenvalue weighted by atomic mass is 9.58. The minimum atomic E-state index is -0.401. The molecule has 2 heterocycles. The van der Waals surface area contributed by atoms with Crippen LogP contribution in [0.2, 0.25) is 0 Å². The van der Waals surface area contributed by atoms with Crippen molar-refractivity contribution in [2.45, 2.75) is 43.9 Å². The normalized spacial score (nSPS) is 25.4. The Bertz CT molecular complexity index is 829. The first-order chi connectivity index (χ1) is 13.1. The van der Waals surface area contributed by atoms with Gasteiger partial charge in [0.2, 0.25) is 11.8 Å². The minimum absolute atomic E-state index is 0.0275. The number of furan rings is 1. The van der Waals surface area contributed by atoms with Crippen LogP contribution in [-0.4, -0.2) is 30.4 Å². The van der Waals surface area contributed by atoms with E-state index in [1.807, 2.05) is 36.4 Å². The highest BCUT2D eigenvalue weighted by atomic mass is 16.5. The molecule has 27 heavy (non-hydrogen) atoms. The molecule has 2 fully saturated rings. The molecule has 0 radical (unpaired) electrons. The van der Waals surface area contributed by atoms with Crippen LogP contribution in [0.4, 0.5) is 0 Å². The third kappa shape index (κ3) is 3.15. The third-order valence-corrected chi connectivity index (χ3v) is 6.17. The van der Waals surface area contributed by atoms with Crippen molar-refractivity contribution in [3.05, 3.63) is 54.0 Å². The number of piperidine rings is 1. The average molecular weight is 367 g/mol. The van der Waals surface area contributed by atoms with Gasteiger partial charge in [-0.3, -0.25) is 14.5 Å². The molecule has 0 spiro atoms. The first-order valence-corrected chi connectivity index (χ1v) is 9.65. The van der Waals surface area contributed by atoms with Crippen LogP contribution < -0.4 is 4.74 Å². The van der Waals surface area contributed by atoms with Gasteiger partial charge < -0.3 is 9.15 Å². The maximum absolute atomic E-state index is 13.3. The molecule has 142 valence electrons. The van der Waals surface area contributed by atoms with Crippen LogP contribution in [-0.2, 0) is 21.4 Å². The van der Waals surface area contributed by atoms with Crippen molar-refractivity contribution in [2.75, 3.05) is 13.7 Å². The second-order valence-corrected chi connectivity index (χ2v) is 7.58. The highest BCUT2D eigenvalue weighted by Gasteiger charge is 2.53. The molecule has 1 aromatic heterocycles. The van der Waals surface area contributed by atoms with Gasteiger partial charge in [0.1, 0.15) is 11.5 Å². The van der Waals surface area contributed by atoms with Gasteiger partial charge >= 0.3 is 0 Å². The summed E-state index contributed by atoms with van der Waals surface area (Å²) in [6.07, 6.45) is 6.33. The van der Waals surface area contributed by atoms with Gasteiger partial charge in [0.05, 0.1) is 13.4 Å². The van der Waals surface area contributed by atoms with E-state index in [0.29, 0.717) is 19.4 Å². The van der Waals surface area contributed by atoms with E-state index in [-0.39, 0.29) is 17.7 Å². The molecule has 2 aliphatic rings. The lowest BCUT2D eigenvalue weighted by Crippen LogP contribution is -2.57. The van der Waals surface area contributed by atoms with Crippen molar-refractivity contribution in [1.82, 2.24) is 4.90 Å². The number of amides is 2. The first-order valence-electron chi connectivity index (χ1n) is 9.65. The van der Waals surface area contributed by atoms with Crippen LogP contribution in [0.1, 0.15) is 43.4 Å². The molecule has 2 atom stereocenters. The highest BCUT2D eigenvalue weighted by molar-refractivity contribution is 6.01. The van der Waals surface area contributed by atoms with Crippen LogP contribution in [0.15, 0.2) is 47.1 Å². The molecule has 0 bridgehead atoms. The van der Waals surface area contributed by atoms with Crippen molar-refractivity contribution < 1.29 is 18.7 Å². The number of carbonyl (C=O) groups is 2. The van der Waals surface area contributed by atoms with Crippen molar-refractivity contribution in [3.8, 4) is 5.75 Å². The van der Waals surface area contributed by atoms with Crippen LogP contribution in [0.3, 0.4) is 0 Å². The monoisotopic (exact) mass is 367 g/mol. The van der Waals surface area contributed by atoms with E-state index in [4.69, 9.17) is 9.15 Å². The number of benzene rings is 1. The van der Waals surface area contributed by atoms with Gasteiger partial charge in [0.15, 0.2) is 0 Å². The van der Waals surface area contributed by atoms with Crippen molar-refractivity contribution in [1.29, 1.82) is 0 Å². The average Bonchev–Trinajstić information content (AvgIpc) is 3.21. The summed E-state index contributed by atoms with van der Waals surface area (Å²) >= 11 is 0. The Morgan fingerprint density at radius 2 is 2.11 bits per heavy atom. The second-order valence-electron chi connectivity index (χ2n) is 7.58. The molecule has 5 heteroatoms. The van der Waals surface area contributed by atoms with Gasteiger partial charge in [-0.25, -0.2) is 0 Å². The van der Waals surface area contributed by atoms with Crippen LogP contribution >= 0.6 is 0 Å². The predicted molar refractivity (Wildman–Crippen MR) is 100 cm³/mol. The summed E-state index contributed by atoms with van der Waals surface area (Å²) in [5.41, 5.74) is 0.654. The number of methoxy groups -OCH3 is 1. The number of rotatable bonds is 5. The molecular weight excluding hydrogens is 342 g/mol. The van der Waals surface area contributed by atoms with E-state index in [1.165, 1.54) is 4.90 Å². The largest absolute Gasteiger partial charge is 0.497 e. The second kappa shape index (κ2) is 7.22. The van der Waals surface area contributed by atoms with Gasteiger partial charge in [-0.15, -0.1) is 0 Å². The molecule has 0 unspecified atom stereocenters. The Morgan fingerprint density at radius 3 is 2.89 bits per heavy atom. The van der Waals surface area contributed by atoms with Gasteiger partial charge in [0, 0.05) is 30.7 Å². The molecular formula is C22H25NO4. The van der Waals surface area contributed by atoms with Crippen LogP contribution in [0, 0.1) is 5.92 Å². The van der Waals surface area contributed by atoms with Gasteiger partial charge in [-0.1, -0.05) is 25.0 Å². The third-order valence-electron chi connectivity index (χ3n) is 6.17. The Balaban J connectivity index is 1.63. The van der Waals surface area contributed by atoms with Gasteiger partial charge in [0.25, 0.3) is 0 Å². The fourth-order valence-corrected chi connectivity index (χ4v) is 4.78. The summed E-state index contributed by atoms with van der Waals surface area (Å²) in [6.45, 7) is 0.385. The summed E-state index contributed by atoms with van der Waals surface area (Å²) in [5.74, 6) is 1.32. The smallest absolute Gasteiger partial charge is 0.233 e. The van der Waals surface area contributed by atoms with Crippen LogP contribution in [0.5, 0.6) is 5.75 Å². The molecule has 5 nitrogen and oxygen atoms in total. The number of nitrogens with zero attached hydrogens (tertiary/aromatic N) is 1. The van der Waals surface area contributed by atoms with Crippen LogP contribution in [0.25, 0.3) is 0 Å². The molecule has 2 aromatic rings. The quantitative estimate of drug-likeness (QED) is 0.756. The lowest BCUT2D eigenvalue weighted by Gasteiger charge is -2.49. The number of fused-ring (bicyclic) bond motifs is 1. The first kappa shape index (κ1) is 17.8. The van der Waals surface area contributed by atoms with E-state index >= 15 is 0 Å². The number of hydrogen-bond acceptors (Lipinski definition) is 4. The van der Waals surface area contributed by atoms with Crippen molar-refractivity contribution >= 4 is 11.8 Å². The van der Waals surface area contributed by atoms with E-state index in [2.05, 4.69) is 0 Å².